The number of rotatable bonds is 3. The summed E-state index contributed by atoms with van der Waals surface area (Å²) in [4.78, 5) is 0. The molecule has 3 heteroatoms. The number of halogens is 1. The quantitative estimate of drug-likeness (QED) is 0.624. The van der Waals surface area contributed by atoms with Crippen LogP contribution in [0.15, 0.2) is 24.3 Å². The number of nitrogens with one attached hydrogen (secondary N) is 1. The summed E-state index contributed by atoms with van der Waals surface area (Å²) < 4.78 is 13.9. The predicted octanol–water partition coefficient (Wildman–Crippen LogP) is 3.30. The lowest BCUT2D eigenvalue weighted by atomic mass is 9.69. The highest BCUT2D eigenvalue weighted by Crippen LogP contribution is 2.45. The summed E-state index contributed by atoms with van der Waals surface area (Å²) in [5.74, 6) is 5.51. The third kappa shape index (κ3) is 2.50. The normalized spacial score (nSPS) is 21.1. The number of nitrogens with two attached hydrogens (primary N) is 1. The molecule has 0 saturated heterocycles. The van der Waals surface area contributed by atoms with E-state index in [1.807, 2.05) is 12.1 Å². The Morgan fingerprint density at radius 1 is 1.24 bits per heavy atom. The van der Waals surface area contributed by atoms with Gasteiger partial charge in [0.25, 0.3) is 0 Å². The van der Waals surface area contributed by atoms with E-state index < -0.39 is 0 Å². The molecule has 1 aromatic carbocycles. The molecule has 1 saturated carbocycles. The Morgan fingerprint density at radius 2 is 1.88 bits per heavy atom. The molecular weight excluding hydrogens is 215 g/mol. The maximum Gasteiger partial charge on any atom is 0.128 e. The Kier molecular flexibility index (Phi) is 3.79. The summed E-state index contributed by atoms with van der Waals surface area (Å²) in [5, 5.41) is 0. The second kappa shape index (κ2) is 5.15. The molecule has 2 nitrogen and oxygen atoms in total. The molecule has 0 bridgehead atoms. The minimum absolute atomic E-state index is 0.0647. The zero-order chi connectivity index (χ0) is 12.3. The fourth-order valence-electron chi connectivity index (χ4n) is 3.02. The van der Waals surface area contributed by atoms with E-state index in [-0.39, 0.29) is 17.3 Å². The van der Waals surface area contributed by atoms with Crippen LogP contribution in [0.1, 0.15) is 50.6 Å². The molecule has 17 heavy (non-hydrogen) atoms. The van der Waals surface area contributed by atoms with Crippen molar-refractivity contribution >= 4 is 0 Å². The Hall–Kier alpha value is -0.930. The molecule has 3 N–H and O–H groups in total. The van der Waals surface area contributed by atoms with E-state index in [1.54, 1.807) is 6.07 Å². The maximum atomic E-state index is 13.9. The zero-order valence-corrected chi connectivity index (χ0v) is 10.4. The first kappa shape index (κ1) is 12.5. The molecule has 0 amide bonds. The summed E-state index contributed by atoms with van der Waals surface area (Å²) in [6.45, 7) is 2.21. The lowest BCUT2D eigenvalue weighted by molar-refractivity contribution is 0.142. The Bertz CT molecular complexity index is 372. The molecule has 0 spiro atoms. The van der Waals surface area contributed by atoms with Crippen LogP contribution < -0.4 is 11.3 Å². The van der Waals surface area contributed by atoms with E-state index in [0.717, 1.165) is 12.8 Å². The summed E-state index contributed by atoms with van der Waals surface area (Å²) >= 11 is 0. The second-order valence-electron chi connectivity index (χ2n) is 5.34. The highest BCUT2D eigenvalue weighted by Gasteiger charge is 2.36. The van der Waals surface area contributed by atoms with Gasteiger partial charge >= 0.3 is 0 Å². The van der Waals surface area contributed by atoms with E-state index >= 15 is 0 Å². The molecule has 0 aliphatic heterocycles. The fourth-order valence-corrected chi connectivity index (χ4v) is 3.02. The van der Waals surface area contributed by atoms with Crippen molar-refractivity contribution < 1.29 is 4.39 Å². The molecule has 1 aliphatic rings. The first-order valence-corrected chi connectivity index (χ1v) is 6.38. The molecule has 2 rings (SSSR count). The average molecular weight is 236 g/mol. The standard InChI is InChI=1S/C14H21FN2/c1-14(9-5-2-6-10-14)13(17-16)11-7-3-4-8-12(11)15/h3-4,7-8,13,17H,2,5-6,9-10,16H2,1H3. The van der Waals surface area contributed by atoms with E-state index in [9.17, 15) is 4.39 Å². The second-order valence-corrected chi connectivity index (χ2v) is 5.34. The van der Waals surface area contributed by atoms with Crippen LogP contribution in [0.25, 0.3) is 0 Å². The fraction of sp³-hybridized carbons (Fsp3) is 0.571. The number of hydrogen-bond donors (Lipinski definition) is 2. The Labute approximate surface area is 102 Å². The summed E-state index contributed by atoms with van der Waals surface area (Å²) in [6.07, 6.45) is 5.92. The van der Waals surface area contributed by atoms with Gasteiger partial charge in [-0.3, -0.25) is 11.3 Å². The number of hydrogen-bond acceptors (Lipinski definition) is 2. The van der Waals surface area contributed by atoms with Gasteiger partial charge in [0.05, 0.1) is 6.04 Å². The molecule has 0 aromatic heterocycles. The van der Waals surface area contributed by atoms with Crippen molar-refractivity contribution in [2.45, 2.75) is 45.1 Å². The largest absolute Gasteiger partial charge is 0.271 e. The lowest BCUT2D eigenvalue weighted by Crippen LogP contribution is -2.41. The van der Waals surface area contributed by atoms with Gasteiger partial charge in [0.2, 0.25) is 0 Å². The van der Waals surface area contributed by atoms with Gasteiger partial charge in [-0.15, -0.1) is 0 Å². The van der Waals surface area contributed by atoms with Crippen molar-refractivity contribution in [1.29, 1.82) is 0 Å². The monoisotopic (exact) mass is 236 g/mol. The maximum absolute atomic E-state index is 13.9. The van der Waals surface area contributed by atoms with Gasteiger partial charge in [-0.2, -0.15) is 0 Å². The third-order valence-electron chi connectivity index (χ3n) is 4.08. The van der Waals surface area contributed by atoms with Gasteiger partial charge in [0, 0.05) is 5.56 Å². The van der Waals surface area contributed by atoms with Crippen molar-refractivity contribution in [3.63, 3.8) is 0 Å². The van der Waals surface area contributed by atoms with Crippen LogP contribution in [0, 0.1) is 11.2 Å². The van der Waals surface area contributed by atoms with Crippen LogP contribution >= 0.6 is 0 Å². The van der Waals surface area contributed by atoms with E-state index in [1.165, 1.54) is 25.3 Å². The Morgan fingerprint density at radius 3 is 2.47 bits per heavy atom. The van der Waals surface area contributed by atoms with Crippen LogP contribution in [0.5, 0.6) is 0 Å². The SMILES string of the molecule is CC1(C(NN)c2ccccc2F)CCCCC1. The molecule has 1 atom stereocenters. The first-order chi connectivity index (χ1) is 8.17. The first-order valence-electron chi connectivity index (χ1n) is 6.38. The zero-order valence-electron chi connectivity index (χ0n) is 10.4. The molecule has 1 aromatic rings. The van der Waals surface area contributed by atoms with Crippen molar-refractivity contribution in [2.75, 3.05) is 0 Å². The van der Waals surface area contributed by atoms with Crippen LogP contribution in [0.4, 0.5) is 4.39 Å². The molecule has 94 valence electrons. The van der Waals surface area contributed by atoms with Gasteiger partial charge in [0.15, 0.2) is 0 Å². The van der Waals surface area contributed by atoms with Crippen molar-refractivity contribution in [2.24, 2.45) is 11.3 Å². The molecule has 1 unspecified atom stereocenters. The van der Waals surface area contributed by atoms with Gasteiger partial charge in [-0.05, 0) is 24.3 Å². The highest BCUT2D eigenvalue weighted by atomic mass is 19.1. The van der Waals surface area contributed by atoms with Gasteiger partial charge in [-0.25, -0.2) is 4.39 Å². The minimum atomic E-state index is -0.165. The van der Waals surface area contributed by atoms with Gasteiger partial charge in [0.1, 0.15) is 5.82 Å². The summed E-state index contributed by atoms with van der Waals surface area (Å²) in [5.41, 5.74) is 3.59. The molecular formula is C14H21FN2. The van der Waals surface area contributed by atoms with E-state index in [2.05, 4.69) is 12.3 Å². The number of hydrazine groups is 1. The molecule has 0 radical (unpaired) electrons. The van der Waals surface area contributed by atoms with Crippen molar-refractivity contribution in [1.82, 2.24) is 5.43 Å². The predicted molar refractivity (Wildman–Crippen MR) is 67.7 cm³/mol. The summed E-state index contributed by atoms with van der Waals surface area (Å²) in [7, 11) is 0. The smallest absolute Gasteiger partial charge is 0.128 e. The van der Waals surface area contributed by atoms with Crippen LogP contribution in [-0.4, -0.2) is 0 Å². The van der Waals surface area contributed by atoms with Gasteiger partial charge < -0.3 is 0 Å². The van der Waals surface area contributed by atoms with Crippen molar-refractivity contribution in [3.8, 4) is 0 Å². The van der Waals surface area contributed by atoms with Crippen LogP contribution in [-0.2, 0) is 0 Å². The van der Waals surface area contributed by atoms with Crippen molar-refractivity contribution in [3.05, 3.63) is 35.6 Å². The third-order valence-corrected chi connectivity index (χ3v) is 4.08. The van der Waals surface area contributed by atoms with Crippen LogP contribution in [0.3, 0.4) is 0 Å². The topological polar surface area (TPSA) is 38.0 Å². The highest BCUT2D eigenvalue weighted by molar-refractivity contribution is 5.23. The molecule has 1 aliphatic carbocycles. The minimum Gasteiger partial charge on any atom is -0.271 e. The summed E-state index contributed by atoms with van der Waals surface area (Å²) in [6, 6.07) is 6.83. The van der Waals surface area contributed by atoms with Gasteiger partial charge in [-0.1, -0.05) is 44.4 Å². The van der Waals surface area contributed by atoms with E-state index in [4.69, 9.17) is 5.84 Å². The van der Waals surface area contributed by atoms with E-state index in [0.29, 0.717) is 5.56 Å². The average Bonchev–Trinajstić information content (AvgIpc) is 2.33. The van der Waals surface area contributed by atoms with Crippen LogP contribution in [0.2, 0.25) is 0 Å². The Balaban J connectivity index is 2.29. The molecule has 0 heterocycles. The lowest BCUT2D eigenvalue weighted by Gasteiger charge is -2.40. The molecule has 1 fully saturated rings. The number of benzene rings is 1.